The molecule has 0 aliphatic rings. The lowest BCUT2D eigenvalue weighted by Crippen LogP contribution is -2.17. The van der Waals surface area contributed by atoms with E-state index in [1.54, 1.807) is 11.4 Å². The van der Waals surface area contributed by atoms with E-state index < -0.39 is 5.91 Å². The average molecular weight is 371 g/mol. The van der Waals surface area contributed by atoms with Gasteiger partial charge in [-0.1, -0.05) is 30.0 Å². The molecule has 0 bridgehead atoms. The van der Waals surface area contributed by atoms with Gasteiger partial charge < -0.3 is 11.1 Å². The Morgan fingerprint density at radius 1 is 1.24 bits per heavy atom. The first-order chi connectivity index (χ1) is 12.0. The maximum absolute atomic E-state index is 12.2. The summed E-state index contributed by atoms with van der Waals surface area (Å²) in [4.78, 5) is 28.1. The monoisotopic (exact) mass is 371 g/mol. The van der Waals surface area contributed by atoms with Gasteiger partial charge in [0, 0.05) is 5.39 Å². The Morgan fingerprint density at radius 2 is 2.04 bits per heavy atom. The van der Waals surface area contributed by atoms with Crippen molar-refractivity contribution in [2.24, 2.45) is 5.73 Å². The standard InChI is InChI=1S/C18H17N3O2S2/c1-10-4-3-5-12-11(2)8-15(21-16(10)12)25-9-14(22)20-18-13(17(19)23)6-7-24-18/h3-8H,9H2,1-2H3,(H2,19,23)(H,20,22). The number of aromatic nitrogens is 1. The molecule has 0 fully saturated rings. The van der Waals surface area contributed by atoms with Crippen LogP contribution in [0.25, 0.3) is 10.9 Å². The molecule has 0 unspecified atom stereocenters. The summed E-state index contributed by atoms with van der Waals surface area (Å²) in [5.41, 5.74) is 8.81. The number of thioether (sulfide) groups is 1. The molecular formula is C18H17N3O2S2. The summed E-state index contributed by atoms with van der Waals surface area (Å²) in [6.07, 6.45) is 0. The number of nitrogens with one attached hydrogen (secondary N) is 1. The third kappa shape index (κ3) is 3.83. The molecule has 2 amide bonds. The Kier molecular flexibility index (Phi) is 5.06. The zero-order valence-corrected chi connectivity index (χ0v) is 15.5. The Morgan fingerprint density at radius 3 is 2.80 bits per heavy atom. The largest absolute Gasteiger partial charge is 0.366 e. The summed E-state index contributed by atoms with van der Waals surface area (Å²) in [6, 6.07) is 9.68. The Hall–Kier alpha value is -2.38. The minimum Gasteiger partial charge on any atom is -0.366 e. The molecule has 3 rings (SSSR count). The molecule has 0 saturated carbocycles. The van der Waals surface area contributed by atoms with Crippen LogP contribution in [0.1, 0.15) is 21.5 Å². The van der Waals surface area contributed by atoms with Gasteiger partial charge in [0.1, 0.15) is 5.00 Å². The number of primary amides is 1. The number of para-hydroxylation sites is 1. The molecule has 0 radical (unpaired) electrons. The quantitative estimate of drug-likeness (QED) is 0.669. The summed E-state index contributed by atoms with van der Waals surface area (Å²) in [6.45, 7) is 4.07. The van der Waals surface area contributed by atoms with Gasteiger partial charge in [-0.2, -0.15) is 0 Å². The molecule has 0 aliphatic heterocycles. The van der Waals surface area contributed by atoms with Crippen LogP contribution in [0, 0.1) is 13.8 Å². The van der Waals surface area contributed by atoms with Gasteiger partial charge in [0.25, 0.3) is 5.91 Å². The lowest BCUT2D eigenvalue weighted by molar-refractivity contribution is -0.113. The van der Waals surface area contributed by atoms with E-state index in [0.29, 0.717) is 10.6 Å². The number of benzene rings is 1. The number of thiophene rings is 1. The van der Waals surface area contributed by atoms with Crippen molar-refractivity contribution in [1.29, 1.82) is 0 Å². The molecule has 0 atom stereocenters. The molecule has 0 saturated heterocycles. The summed E-state index contributed by atoms with van der Waals surface area (Å²) in [5.74, 6) is -0.536. The van der Waals surface area contributed by atoms with Crippen LogP contribution in [0.3, 0.4) is 0 Å². The van der Waals surface area contributed by atoms with Crippen molar-refractivity contribution >= 4 is 50.8 Å². The van der Waals surface area contributed by atoms with Crippen LogP contribution in [0.5, 0.6) is 0 Å². The van der Waals surface area contributed by atoms with Crippen LogP contribution in [-0.2, 0) is 4.79 Å². The van der Waals surface area contributed by atoms with E-state index in [2.05, 4.69) is 10.3 Å². The number of nitrogens with two attached hydrogens (primary N) is 1. The second-order valence-corrected chi connectivity index (χ2v) is 7.52. The first-order valence-electron chi connectivity index (χ1n) is 7.62. The Balaban J connectivity index is 1.72. The molecule has 3 N–H and O–H groups in total. The van der Waals surface area contributed by atoms with Crippen molar-refractivity contribution in [2.75, 3.05) is 11.1 Å². The maximum Gasteiger partial charge on any atom is 0.251 e. The van der Waals surface area contributed by atoms with Crippen LogP contribution >= 0.6 is 23.1 Å². The number of hydrogen-bond donors (Lipinski definition) is 2. The highest BCUT2D eigenvalue weighted by molar-refractivity contribution is 7.99. The fraction of sp³-hybridized carbons (Fsp3) is 0.167. The van der Waals surface area contributed by atoms with Crippen molar-refractivity contribution in [3.8, 4) is 0 Å². The van der Waals surface area contributed by atoms with E-state index in [1.807, 2.05) is 38.1 Å². The van der Waals surface area contributed by atoms with Gasteiger partial charge in [0.05, 0.1) is 21.9 Å². The normalized spacial score (nSPS) is 10.8. The summed E-state index contributed by atoms with van der Waals surface area (Å²) < 4.78 is 0. The molecule has 2 heterocycles. The fourth-order valence-corrected chi connectivity index (χ4v) is 4.08. The first kappa shape index (κ1) is 17.4. The minimum atomic E-state index is -0.550. The Bertz CT molecular complexity index is 966. The van der Waals surface area contributed by atoms with Crippen LogP contribution in [0.2, 0.25) is 0 Å². The second-order valence-electron chi connectivity index (χ2n) is 5.61. The van der Waals surface area contributed by atoms with E-state index in [1.165, 1.54) is 23.1 Å². The average Bonchev–Trinajstić information content (AvgIpc) is 3.02. The number of nitrogens with zero attached hydrogens (tertiary/aromatic N) is 1. The highest BCUT2D eigenvalue weighted by Gasteiger charge is 2.13. The van der Waals surface area contributed by atoms with Gasteiger partial charge in [0.15, 0.2) is 0 Å². The van der Waals surface area contributed by atoms with Gasteiger partial charge in [-0.3, -0.25) is 9.59 Å². The zero-order chi connectivity index (χ0) is 18.0. The van der Waals surface area contributed by atoms with Gasteiger partial charge in [0.2, 0.25) is 5.91 Å². The second kappa shape index (κ2) is 7.25. The van der Waals surface area contributed by atoms with Gasteiger partial charge in [-0.05, 0) is 42.5 Å². The van der Waals surface area contributed by atoms with E-state index in [4.69, 9.17) is 5.73 Å². The van der Waals surface area contributed by atoms with Gasteiger partial charge in [-0.25, -0.2) is 4.98 Å². The highest BCUT2D eigenvalue weighted by atomic mass is 32.2. The number of amides is 2. The van der Waals surface area contributed by atoms with Crippen molar-refractivity contribution in [2.45, 2.75) is 18.9 Å². The molecule has 5 nitrogen and oxygen atoms in total. The first-order valence-corrected chi connectivity index (χ1v) is 9.49. The Labute approximate surface area is 153 Å². The number of aryl methyl sites for hydroxylation is 2. The molecule has 3 aromatic rings. The van der Waals surface area contributed by atoms with Gasteiger partial charge >= 0.3 is 0 Å². The number of fused-ring (bicyclic) bond motifs is 1. The van der Waals surface area contributed by atoms with Crippen molar-refractivity contribution in [3.05, 3.63) is 52.4 Å². The number of carbonyl (C=O) groups excluding carboxylic acids is 2. The smallest absolute Gasteiger partial charge is 0.251 e. The van der Waals surface area contributed by atoms with Crippen molar-refractivity contribution in [1.82, 2.24) is 4.98 Å². The fourth-order valence-electron chi connectivity index (χ4n) is 2.51. The number of pyridine rings is 1. The number of carbonyl (C=O) groups is 2. The SMILES string of the molecule is Cc1cc(SCC(=O)Nc2sccc2C(N)=O)nc2c(C)cccc12. The van der Waals surface area contributed by atoms with Crippen LogP contribution in [-0.4, -0.2) is 22.6 Å². The predicted molar refractivity (Wildman–Crippen MR) is 103 cm³/mol. The molecule has 2 aromatic heterocycles. The van der Waals surface area contributed by atoms with E-state index in [0.717, 1.165) is 27.1 Å². The van der Waals surface area contributed by atoms with E-state index >= 15 is 0 Å². The third-order valence-electron chi connectivity index (χ3n) is 3.76. The maximum atomic E-state index is 12.2. The van der Waals surface area contributed by atoms with Crippen molar-refractivity contribution in [3.63, 3.8) is 0 Å². The summed E-state index contributed by atoms with van der Waals surface area (Å²) in [7, 11) is 0. The molecule has 25 heavy (non-hydrogen) atoms. The highest BCUT2D eigenvalue weighted by Crippen LogP contribution is 2.27. The minimum absolute atomic E-state index is 0.195. The molecule has 0 aliphatic carbocycles. The lowest BCUT2D eigenvalue weighted by atomic mass is 10.1. The number of rotatable bonds is 5. The van der Waals surface area contributed by atoms with E-state index in [9.17, 15) is 9.59 Å². The summed E-state index contributed by atoms with van der Waals surface area (Å²) >= 11 is 2.64. The van der Waals surface area contributed by atoms with Crippen LogP contribution in [0.15, 0.2) is 40.7 Å². The van der Waals surface area contributed by atoms with Crippen LogP contribution < -0.4 is 11.1 Å². The molecule has 128 valence electrons. The topological polar surface area (TPSA) is 85.1 Å². The van der Waals surface area contributed by atoms with Crippen molar-refractivity contribution < 1.29 is 9.59 Å². The predicted octanol–water partition coefficient (Wildman–Crippen LogP) is 3.74. The zero-order valence-electron chi connectivity index (χ0n) is 13.8. The van der Waals surface area contributed by atoms with Gasteiger partial charge in [-0.15, -0.1) is 11.3 Å². The van der Waals surface area contributed by atoms with E-state index in [-0.39, 0.29) is 11.7 Å². The summed E-state index contributed by atoms with van der Waals surface area (Å²) in [5, 5.41) is 6.87. The molecule has 0 spiro atoms. The third-order valence-corrected chi connectivity index (χ3v) is 5.50. The molecule has 7 heteroatoms. The number of hydrogen-bond acceptors (Lipinski definition) is 5. The lowest BCUT2D eigenvalue weighted by Gasteiger charge is -2.08. The molecular weight excluding hydrogens is 354 g/mol. The molecule has 1 aromatic carbocycles. The number of anilines is 1. The van der Waals surface area contributed by atoms with Crippen LogP contribution in [0.4, 0.5) is 5.00 Å².